The molecule has 0 saturated heterocycles. The van der Waals surface area contributed by atoms with E-state index >= 15 is 0 Å². The lowest BCUT2D eigenvalue weighted by Gasteiger charge is -2.25. The van der Waals surface area contributed by atoms with Crippen molar-refractivity contribution >= 4 is 21.6 Å². The van der Waals surface area contributed by atoms with Crippen molar-refractivity contribution in [2.45, 2.75) is 25.8 Å². The van der Waals surface area contributed by atoms with Crippen LogP contribution < -0.4 is 0 Å². The van der Waals surface area contributed by atoms with Gasteiger partial charge in [-0.25, -0.2) is 17.2 Å². The standard InChI is InChI=1S/C13H18ClF2NO2S/c1-10(12-9-11(15)5-6-13(12)16)17(2)20(18,19)8-4-3-7-14/h5-6,9-10H,3-4,7-8H2,1-2H3. The molecule has 0 heterocycles. The number of halogens is 3. The Labute approximate surface area is 123 Å². The maximum atomic E-state index is 13.7. The number of sulfonamides is 1. The monoisotopic (exact) mass is 325 g/mol. The normalized spacial score (nSPS) is 13.7. The van der Waals surface area contributed by atoms with Crippen LogP contribution in [-0.4, -0.2) is 31.4 Å². The zero-order valence-corrected chi connectivity index (χ0v) is 13.0. The SMILES string of the molecule is CC(c1cc(F)ccc1F)N(C)S(=O)(=O)CCCCCl. The van der Waals surface area contributed by atoms with Crippen LogP contribution in [0.2, 0.25) is 0 Å². The Morgan fingerprint density at radius 2 is 1.95 bits per heavy atom. The summed E-state index contributed by atoms with van der Waals surface area (Å²) in [5.41, 5.74) is 0.0217. The molecule has 0 bridgehead atoms. The van der Waals surface area contributed by atoms with Crippen LogP contribution >= 0.6 is 11.6 Å². The predicted octanol–water partition coefficient (Wildman–Crippen LogP) is 3.31. The van der Waals surface area contributed by atoms with Crippen LogP contribution in [0.5, 0.6) is 0 Å². The van der Waals surface area contributed by atoms with E-state index in [0.29, 0.717) is 18.7 Å². The van der Waals surface area contributed by atoms with Gasteiger partial charge in [-0.15, -0.1) is 11.6 Å². The Bertz CT molecular complexity index is 551. The Hall–Kier alpha value is -0.720. The molecule has 0 saturated carbocycles. The zero-order chi connectivity index (χ0) is 15.3. The van der Waals surface area contributed by atoms with Gasteiger partial charge in [-0.1, -0.05) is 0 Å². The van der Waals surface area contributed by atoms with Gasteiger partial charge in [0.15, 0.2) is 0 Å². The van der Waals surface area contributed by atoms with Crippen molar-refractivity contribution in [1.29, 1.82) is 0 Å². The van der Waals surface area contributed by atoms with Crippen molar-refractivity contribution in [2.75, 3.05) is 18.7 Å². The molecule has 1 aromatic rings. The predicted molar refractivity (Wildman–Crippen MR) is 76.3 cm³/mol. The van der Waals surface area contributed by atoms with Gasteiger partial charge < -0.3 is 0 Å². The van der Waals surface area contributed by atoms with Crippen molar-refractivity contribution in [1.82, 2.24) is 4.31 Å². The molecule has 1 atom stereocenters. The molecule has 20 heavy (non-hydrogen) atoms. The van der Waals surface area contributed by atoms with Crippen LogP contribution in [0.4, 0.5) is 8.78 Å². The van der Waals surface area contributed by atoms with Gasteiger partial charge in [-0.2, -0.15) is 4.31 Å². The Balaban J connectivity index is 2.90. The Morgan fingerprint density at radius 3 is 2.55 bits per heavy atom. The van der Waals surface area contributed by atoms with Crippen LogP contribution in [0.15, 0.2) is 18.2 Å². The maximum Gasteiger partial charge on any atom is 0.214 e. The summed E-state index contributed by atoms with van der Waals surface area (Å²) in [5, 5.41) is 0. The van der Waals surface area contributed by atoms with Gasteiger partial charge in [0.05, 0.1) is 5.75 Å². The molecule has 0 aliphatic rings. The van der Waals surface area contributed by atoms with Crippen LogP contribution in [-0.2, 0) is 10.0 Å². The quantitative estimate of drug-likeness (QED) is 0.570. The first kappa shape index (κ1) is 17.3. The molecular weight excluding hydrogens is 308 g/mol. The van der Waals surface area contributed by atoms with Crippen molar-refractivity contribution in [3.63, 3.8) is 0 Å². The van der Waals surface area contributed by atoms with Gasteiger partial charge in [0.1, 0.15) is 11.6 Å². The van der Waals surface area contributed by atoms with E-state index in [2.05, 4.69) is 0 Å². The van der Waals surface area contributed by atoms with Crippen molar-refractivity contribution in [3.05, 3.63) is 35.4 Å². The number of benzene rings is 1. The lowest BCUT2D eigenvalue weighted by Crippen LogP contribution is -2.32. The number of unbranched alkanes of at least 4 members (excludes halogenated alkanes) is 1. The molecule has 1 aromatic carbocycles. The molecule has 0 aliphatic heterocycles. The van der Waals surface area contributed by atoms with Crippen LogP contribution in [0.25, 0.3) is 0 Å². The van der Waals surface area contributed by atoms with Crippen LogP contribution in [0.3, 0.4) is 0 Å². The van der Waals surface area contributed by atoms with Crippen molar-refractivity contribution in [3.8, 4) is 0 Å². The Kier molecular flexibility index (Phi) is 6.36. The van der Waals surface area contributed by atoms with E-state index in [1.807, 2.05) is 0 Å². The lowest BCUT2D eigenvalue weighted by atomic mass is 10.1. The summed E-state index contributed by atoms with van der Waals surface area (Å²) >= 11 is 5.51. The zero-order valence-electron chi connectivity index (χ0n) is 11.4. The van der Waals surface area contributed by atoms with E-state index in [1.54, 1.807) is 0 Å². The number of alkyl halides is 1. The molecule has 114 valence electrons. The molecule has 1 rings (SSSR count). The summed E-state index contributed by atoms with van der Waals surface area (Å²) < 4.78 is 52.1. The van der Waals surface area contributed by atoms with E-state index < -0.39 is 27.7 Å². The first-order chi connectivity index (χ1) is 9.29. The minimum atomic E-state index is -3.52. The summed E-state index contributed by atoms with van der Waals surface area (Å²) in [5.74, 6) is -0.881. The fourth-order valence-electron chi connectivity index (χ4n) is 1.79. The summed E-state index contributed by atoms with van der Waals surface area (Å²) in [7, 11) is -2.16. The molecule has 0 spiro atoms. The second-order valence-electron chi connectivity index (χ2n) is 4.57. The summed E-state index contributed by atoms with van der Waals surface area (Å²) in [6, 6.07) is 2.24. The highest BCUT2D eigenvalue weighted by Gasteiger charge is 2.26. The number of nitrogens with zero attached hydrogens (tertiary/aromatic N) is 1. The molecule has 0 fully saturated rings. The first-order valence-corrected chi connectivity index (χ1v) is 8.40. The van der Waals surface area contributed by atoms with E-state index in [9.17, 15) is 17.2 Å². The van der Waals surface area contributed by atoms with Crippen LogP contribution in [0.1, 0.15) is 31.4 Å². The minimum absolute atomic E-state index is 0.0217. The summed E-state index contributed by atoms with van der Waals surface area (Å²) in [6.07, 6.45) is 1.03. The largest absolute Gasteiger partial charge is 0.214 e. The third-order valence-electron chi connectivity index (χ3n) is 3.18. The summed E-state index contributed by atoms with van der Waals surface area (Å²) in [6.45, 7) is 1.52. The molecule has 0 N–H and O–H groups in total. The van der Waals surface area contributed by atoms with Crippen LogP contribution in [0, 0.1) is 11.6 Å². The van der Waals surface area contributed by atoms with Gasteiger partial charge in [0.25, 0.3) is 0 Å². The fraction of sp³-hybridized carbons (Fsp3) is 0.538. The second kappa shape index (κ2) is 7.33. The highest BCUT2D eigenvalue weighted by atomic mass is 35.5. The third-order valence-corrected chi connectivity index (χ3v) is 5.44. The first-order valence-electron chi connectivity index (χ1n) is 6.26. The molecule has 0 amide bonds. The minimum Gasteiger partial charge on any atom is -0.212 e. The van der Waals surface area contributed by atoms with Gasteiger partial charge >= 0.3 is 0 Å². The average molecular weight is 326 g/mol. The second-order valence-corrected chi connectivity index (χ2v) is 7.10. The van der Waals surface area contributed by atoms with Gasteiger partial charge in [-0.05, 0) is 38.0 Å². The molecule has 7 heteroatoms. The van der Waals surface area contributed by atoms with Gasteiger partial charge in [0.2, 0.25) is 10.0 Å². The van der Waals surface area contributed by atoms with E-state index in [4.69, 9.17) is 11.6 Å². The number of hydrogen-bond donors (Lipinski definition) is 0. The molecule has 0 radical (unpaired) electrons. The van der Waals surface area contributed by atoms with Crippen molar-refractivity contribution in [2.24, 2.45) is 0 Å². The summed E-state index contributed by atoms with van der Waals surface area (Å²) in [4.78, 5) is 0. The smallest absolute Gasteiger partial charge is 0.212 e. The van der Waals surface area contributed by atoms with Gasteiger partial charge in [-0.3, -0.25) is 0 Å². The number of hydrogen-bond acceptors (Lipinski definition) is 2. The van der Waals surface area contributed by atoms with Crippen molar-refractivity contribution < 1.29 is 17.2 Å². The third kappa shape index (κ3) is 4.40. The van der Waals surface area contributed by atoms with E-state index in [1.165, 1.54) is 14.0 Å². The average Bonchev–Trinajstić information content (AvgIpc) is 2.40. The highest BCUT2D eigenvalue weighted by molar-refractivity contribution is 7.89. The molecule has 0 aliphatic carbocycles. The maximum absolute atomic E-state index is 13.7. The molecular formula is C13H18ClF2NO2S. The molecule has 3 nitrogen and oxygen atoms in total. The topological polar surface area (TPSA) is 37.4 Å². The fourth-order valence-corrected chi connectivity index (χ4v) is 3.44. The van der Waals surface area contributed by atoms with Gasteiger partial charge in [0, 0.05) is 24.5 Å². The Morgan fingerprint density at radius 1 is 1.30 bits per heavy atom. The highest BCUT2D eigenvalue weighted by Crippen LogP contribution is 2.25. The number of rotatable bonds is 7. The lowest BCUT2D eigenvalue weighted by molar-refractivity contribution is 0.385. The van der Waals surface area contributed by atoms with E-state index in [-0.39, 0.29) is 11.3 Å². The molecule has 1 unspecified atom stereocenters. The van der Waals surface area contributed by atoms with E-state index in [0.717, 1.165) is 22.5 Å². The molecule has 0 aromatic heterocycles.